The Morgan fingerprint density at radius 1 is 0.842 bits per heavy atom. The van der Waals surface area contributed by atoms with E-state index in [9.17, 15) is 0 Å². The van der Waals surface area contributed by atoms with Crippen molar-refractivity contribution >= 4 is 0 Å². The Hall–Kier alpha value is -0.0400. The number of hydrogen-bond donors (Lipinski definition) is 1. The van der Waals surface area contributed by atoms with Crippen LogP contribution in [-0.4, -0.2) is 12.6 Å². The molecule has 0 aromatic heterocycles. The van der Waals surface area contributed by atoms with Crippen LogP contribution in [0.15, 0.2) is 0 Å². The average Bonchev–Trinajstić information content (AvgIpc) is 3.08. The monoisotopic (exact) mass is 261 g/mol. The summed E-state index contributed by atoms with van der Waals surface area (Å²) in [5.41, 5.74) is 0. The summed E-state index contributed by atoms with van der Waals surface area (Å²) >= 11 is 0. The minimum Gasteiger partial charge on any atom is -0.313 e. The van der Waals surface area contributed by atoms with Crippen molar-refractivity contribution in [3.8, 4) is 0 Å². The predicted octanol–water partition coefficient (Wildman–Crippen LogP) is 4.23. The van der Waals surface area contributed by atoms with E-state index in [1.807, 2.05) is 0 Å². The van der Waals surface area contributed by atoms with E-state index in [1.165, 1.54) is 45.1 Å². The molecule has 4 aliphatic rings. The highest BCUT2D eigenvalue weighted by atomic mass is 14.9. The van der Waals surface area contributed by atoms with Crippen molar-refractivity contribution in [3.63, 3.8) is 0 Å². The van der Waals surface area contributed by atoms with E-state index in [0.717, 1.165) is 41.5 Å². The second-order valence-electron chi connectivity index (χ2n) is 8.31. The van der Waals surface area contributed by atoms with Crippen LogP contribution in [0.25, 0.3) is 0 Å². The van der Waals surface area contributed by atoms with E-state index in [1.54, 1.807) is 19.3 Å². The van der Waals surface area contributed by atoms with E-state index in [2.05, 4.69) is 12.2 Å². The van der Waals surface area contributed by atoms with Gasteiger partial charge in [0.1, 0.15) is 0 Å². The second-order valence-corrected chi connectivity index (χ2v) is 8.31. The van der Waals surface area contributed by atoms with Crippen molar-refractivity contribution in [3.05, 3.63) is 0 Å². The van der Waals surface area contributed by atoms with Crippen LogP contribution in [0, 0.1) is 35.5 Å². The first-order chi connectivity index (χ1) is 9.31. The van der Waals surface area contributed by atoms with Crippen LogP contribution in [0.4, 0.5) is 0 Å². The van der Waals surface area contributed by atoms with Gasteiger partial charge in [-0.25, -0.2) is 0 Å². The third-order valence-corrected chi connectivity index (χ3v) is 7.14. The molecule has 0 saturated heterocycles. The molecule has 4 aliphatic carbocycles. The molecule has 0 aliphatic heterocycles. The van der Waals surface area contributed by atoms with Gasteiger partial charge in [-0.3, -0.25) is 0 Å². The standard InChI is InChI=1S/C18H31N/c1-12-4-2-5-13(8-12)11-19-18-10-14-9-17(18)16-7-3-6-15(14)16/h12-19H,2-11H2,1H3. The van der Waals surface area contributed by atoms with Crippen molar-refractivity contribution in [2.75, 3.05) is 6.54 Å². The smallest absolute Gasteiger partial charge is 0.0101 e. The molecule has 0 radical (unpaired) electrons. The summed E-state index contributed by atoms with van der Waals surface area (Å²) in [5, 5.41) is 4.02. The van der Waals surface area contributed by atoms with Crippen LogP contribution in [0.3, 0.4) is 0 Å². The quantitative estimate of drug-likeness (QED) is 0.802. The lowest BCUT2D eigenvalue weighted by atomic mass is 9.78. The summed E-state index contributed by atoms with van der Waals surface area (Å²) in [6, 6.07) is 0.904. The lowest BCUT2D eigenvalue weighted by Crippen LogP contribution is -2.42. The molecule has 4 saturated carbocycles. The fourth-order valence-corrected chi connectivity index (χ4v) is 6.37. The van der Waals surface area contributed by atoms with Crippen molar-refractivity contribution in [2.45, 2.75) is 70.8 Å². The van der Waals surface area contributed by atoms with Gasteiger partial charge in [0.05, 0.1) is 0 Å². The zero-order valence-corrected chi connectivity index (χ0v) is 12.6. The highest BCUT2D eigenvalue weighted by molar-refractivity contribution is 5.05. The van der Waals surface area contributed by atoms with Crippen LogP contribution in [-0.2, 0) is 0 Å². The summed E-state index contributed by atoms with van der Waals surface area (Å²) < 4.78 is 0. The van der Waals surface area contributed by atoms with Gasteiger partial charge in [0.25, 0.3) is 0 Å². The van der Waals surface area contributed by atoms with Crippen LogP contribution >= 0.6 is 0 Å². The molecule has 0 amide bonds. The zero-order chi connectivity index (χ0) is 12.8. The lowest BCUT2D eigenvalue weighted by Gasteiger charge is -2.34. The lowest BCUT2D eigenvalue weighted by molar-refractivity contribution is 0.192. The Morgan fingerprint density at radius 3 is 2.58 bits per heavy atom. The topological polar surface area (TPSA) is 12.0 Å². The van der Waals surface area contributed by atoms with Crippen LogP contribution < -0.4 is 5.32 Å². The van der Waals surface area contributed by atoms with Crippen molar-refractivity contribution in [1.29, 1.82) is 0 Å². The van der Waals surface area contributed by atoms with Gasteiger partial charge in [-0.05, 0) is 80.6 Å². The molecule has 7 atom stereocenters. The first-order valence-corrected chi connectivity index (χ1v) is 9.04. The Bertz CT molecular complexity index is 326. The Morgan fingerprint density at radius 2 is 1.68 bits per heavy atom. The predicted molar refractivity (Wildman–Crippen MR) is 80.0 cm³/mol. The molecule has 1 heteroatoms. The van der Waals surface area contributed by atoms with Gasteiger partial charge in [0.2, 0.25) is 0 Å². The van der Waals surface area contributed by atoms with Gasteiger partial charge < -0.3 is 5.32 Å². The van der Waals surface area contributed by atoms with Gasteiger partial charge in [-0.15, -0.1) is 0 Å². The number of nitrogens with one attached hydrogen (secondary N) is 1. The van der Waals surface area contributed by atoms with Crippen molar-refractivity contribution < 1.29 is 0 Å². The van der Waals surface area contributed by atoms with Gasteiger partial charge in [-0.1, -0.05) is 26.2 Å². The fraction of sp³-hybridized carbons (Fsp3) is 1.00. The molecule has 4 fully saturated rings. The molecule has 2 bridgehead atoms. The summed E-state index contributed by atoms with van der Waals surface area (Å²) in [7, 11) is 0. The minimum absolute atomic E-state index is 0.904. The molecule has 0 spiro atoms. The molecular weight excluding hydrogens is 230 g/mol. The SMILES string of the molecule is CC1CCCC(CNC2CC3CC2C2CCCC32)C1. The first kappa shape index (κ1) is 12.7. The van der Waals surface area contributed by atoms with Gasteiger partial charge in [0.15, 0.2) is 0 Å². The first-order valence-electron chi connectivity index (χ1n) is 9.04. The normalized spacial score (nSPS) is 52.6. The number of fused-ring (bicyclic) bond motifs is 5. The Kier molecular flexibility index (Phi) is 3.38. The Balaban J connectivity index is 1.30. The molecule has 0 aromatic rings. The summed E-state index contributed by atoms with van der Waals surface area (Å²) in [5.74, 6) is 6.43. The Labute approximate surface area is 118 Å². The third kappa shape index (κ3) is 2.26. The summed E-state index contributed by atoms with van der Waals surface area (Å²) in [6.07, 6.45) is 13.7. The highest BCUT2D eigenvalue weighted by Gasteiger charge is 2.53. The van der Waals surface area contributed by atoms with Gasteiger partial charge in [-0.2, -0.15) is 0 Å². The molecule has 1 nitrogen and oxygen atoms in total. The zero-order valence-electron chi connectivity index (χ0n) is 12.6. The molecule has 1 N–H and O–H groups in total. The maximum Gasteiger partial charge on any atom is 0.0101 e. The average molecular weight is 261 g/mol. The number of hydrogen-bond acceptors (Lipinski definition) is 1. The molecule has 4 rings (SSSR count). The second kappa shape index (κ2) is 5.06. The third-order valence-electron chi connectivity index (χ3n) is 7.14. The molecular formula is C18H31N. The highest BCUT2D eigenvalue weighted by Crippen LogP contribution is 2.58. The van der Waals surface area contributed by atoms with E-state index in [0.29, 0.717) is 0 Å². The maximum atomic E-state index is 4.02. The van der Waals surface area contributed by atoms with Crippen LogP contribution in [0.2, 0.25) is 0 Å². The van der Waals surface area contributed by atoms with Gasteiger partial charge in [0, 0.05) is 6.04 Å². The summed E-state index contributed by atoms with van der Waals surface area (Å²) in [6.45, 7) is 3.78. The molecule has 0 aromatic carbocycles. The van der Waals surface area contributed by atoms with E-state index < -0.39 is 0 Å². The van der Waals surface area contributed by atoms with E-state index in [4.69, 9.17) is 0 Å². The van der Waals surface area contributed by atoms with Crippen LogP contribution in [0.5, 0.6) is 0 Å². The minimum atomic E-state index is 0.904. The number of rotatable bonds is 3. The molecule has 19 heavy (non-hydrogen) atoms. The maximum absolute atomic E-state index is 4.02. The van der Waals surface area contributed by atoms with E-state index in [-0.39, 0.29) is 0 Å². The molecule has 0 heterocycles. The summed E-state index contributed by atoms with van der Waals surface area (Å²) in [4.78, 5) is 0. The molecule has 7 unspecified atom stereocenters. The van der Waals surface area contributed by atoms with Gasteiger partial charge >= 0.3 is 0 Å². The largest absolute Gasteiger partial charge is 0.313 e. The van der Waals surface area contributed by atoms with Crippen LogP contribution in [0.1, 0.15) is 64.7 Å². The van der Waals surface area contributed by atoms with Crippen molar-refractivity contribution in [2.24, 2.45) is 35.5 Å². The van der Waals surface area contributed by atoms with E-state index >= 15 is 0 Å². The molecule has 108 valence electrons. The fourth-order valence-electron chi connectivity index (χ4n) is 6.37. The van der Waals surface area contributed by atoms with Crippen molar-refractivity contribution in [1.82, 2.24) is 5.32 Å².